The van der Waals surface area contributed by atoms with Crippen LogP contribution in [0.15, 0.2) is 69.4 Å². The molecule has 2 aromatic rings. The lowest BCUT2D eigenvalue weighted by Gasteiger charge is -2.18. The highest BCUT2D eigenvalue weighted by molar-refractivity contribution is 8.06. The molecular formula is C24H24N4O3S2. The molecule has 33 heavy (non-hydrogen) atoms. The Morgan fingerprint density at radius 2 is 1.67 bits per heavy atom. The molecule has 0 aromatic heterocycles. The summed E-state index contributed by atoms with van der Waals surface area (Å²) < 4.78 is 27.0. The molecule has 2 saturated heterocycles. The van der Waals surface area contributed by atoms with Gasteiger partial charge in [-0.2, -0.15) is 4.31 Å². The van der Waals surface area contributed by atoms with Crippen molar-refractivity contribution in [3.05, 3.63) is 75.7 Å². The van der Waals surface area contributed by atoms with Gasteiger partial charge in [0.15, 0.2) is 0 Å². The van der Waals surface area contributed by atoms with Crippen LogP contribution in [0.4, 0.5) is 5.69 Å². The van der Waals surface area contributed by atoms with Crippen molar-refractivity contribution in [2.75, 3.05) is 18.0 Å². The van der Waals surface area contributed by atoms with E-state index in [4.69, 9.17) is 5.41 Å². The molecule has 0 saturated carbocycles. The molecule has 3 aliphatic heterocycles. The molecule has 0 aliphatic carbocycles. The second-order valence-electron chi connectivity index (χ2n) is 8.31. The number of benzene rings is 2. The first-order valence-electron chi connectivity index (χ1n) is 10.8. The SMILES string of the molecule is Cc1ccc(C2=CSC(=C3CC(=O)N(c4ccc(S(=O)(=O)N5CCCC5)cc4)C3=N)N2)cc1. The Kier molecular flexibility index (Phi) is 5.64. The van der Waals surface area contributed by atoms with Crippen LogP contribution in [0.3, 0.4) is 0 Å². The van der Waals surface area contributed by atoms with Crippen molar-refractivity contribution < 1.29 is 13.2 Å². The summed E-state index contributed by atoms with van der Waals surface area (Å²) in [6.45, 7) is 3.12. The molecule has 2 N–H and O–H groups in total. The average Bonchev–Trinajstić information content (AvgIpc) is 3.55. The van der Waals surface area contributed by atoms with Crippen LogP contribution in [0.2, 0.25) is 0 Å². The minimum absolute atomic E-state index is 0.115. The molecule has 7 nitrogen and oxygen atoms in total. The average molecular weight is 481 g/mol. The van der Waals surface area contributed by atoms with E-state index in [9.17, 15) is 13.2 Å². The largest absolute Gasteiger partial charge is 0.349 e. The highest BCUT2D eigenvalue weighted by Gasteiger charge is 2.36. The predicted octanol–water partition coefficient (Wildman–Crippen LogP) is 4.04. The second-order valence-corrected chi connectivity index (χ2v) is 11.1. The molecule has 0 radical (unpaired) electrons. The maximum absolute atomic E-state index is 12.8. The number of hydrogen-bond donors (Lipinski definition) is 2. The van der Waals surface area contributed by atoms with Gasteiger partial charge >= 0.3 is 0 Å². The van der Waals surface area contributed by atoms with Gasteiger partial charge in [-0.3, -0.25) is 15.1 Å². The van der Waals surface area contributed by atoms with Crippen LogP contribution in [0.1, 0.15) is 30.4 Å². The summed E-state index contributed by atoms with van der Waals surface area (Å²) in [6, 6.07) is 14.4. The van der Waals surface area contributed by atoms with Crippen LogP contribution < -0.4 is 10.2 Å². The van der Waals surface area contributed by atoms with Gasteiger partial charge in [-0.25, -0.2) is 8.42 Å². The van der Waals surface area contributed by atoms with Crippen LogP contribution in [0.5, 0.6) is 0 Å². The quantitative estimate of drug-likeness (QED) is 0.689. The van der Waals surface area contributed by atoms with Gasteiger partial charge in [0, 0.05) is 24.1 Å². The Bertz CT molecular complexity index is 1290. The number of amidine groups is 1. The van der Waals surface area contributed by atoms with Crippen LogP contribution >= 0.6 is 11.8 Å². The first-order chi connectivity index (χ1) is 15.8. The Balaban J connectivity index is 1.35. The number of carbonyl (C=O) groups excluding carboxylic acids is 1. The highest BCUT2D eigenvalue weighted by atomic mass is 32.2. The smallest absolute Gasteiger partial charge is 0.243 e. The summed E-state index contributed by atoms with van der Waals surface area (Å²) >= 11 is 1.47. The topological polar surface area (TPSA) is 93.6 Å². The maximum atomic E-state index is 12.8. The van der Waals surface area contributed by atoms with E-state index in [0.717, 1.165) is 29.1 Å². The number of rotatable bonds is 4. The standard InChI is InChI=1S/C24H24N4O3S2/c1-16-4-6-17(7-5-16)21-15-32-24(26-21)20-14-22(29)28(23(20)25)18-8-10-19(11-9-18)33(30,31)27-12-2-3-13-27/h4-11,15,25-26H,2-3,12-14H2,1H3. The summed E-state index contributed by atoms with van der Waals surface area (Å²) in [5.41, 5.74) is 4.30. The van der Waals surface area contributed by atoms with E-state index in [1.54, 1.807) is 12.1 Å². The van der Waals surface area contributed by atoms with E-state index in [-0.39, 0.29) is 23.1 Å². The van der Waals surface area contributed by atoms with Crippen LogP contribution in [0.25, 0.3) is 5.70 Å². The molecule has 5 rings (SSSR count). The number of amides is 1. The van der Waals surface area contributed by atoms with E-state index < -0.39 is 10.0 Å². The lowest BCUT2D eigenvalue weighted by atomic mass is 10.1. The number of thioether (sulfide) groups is 1. The van der Waals surface area contributed by atoms with Crippen molar-refractivity contribution in [2.24, 2.45) is 0 Å². The first-order valence-corrected chi connectivity index (χ1v) is 13.1. The normalized spacial score (nSPS) is 21.6. The van der Waals surface area contributed by atoms with Gasteiger partial charge in [0.05, 0.1) is 27.7 Å². The van der Waals surface area contributed by atoms with Crippen molar-refractivity contribution in [2.45, 2.75) is 31.1 Å². The molecule has 0 atom stereocenters. The fourth-order valence-corrected chi connectivity index (χ4v) is 6.63. The van der Waals surface area contributed by atoms with Crippen molar-refractivity contribution >= 4 is 44.9 Å². The van der Waals surface area contributed by atoms with E-state index in [2.05, 4.69) is 5.32 Å². The number of anilines is 1. The number of sulfonamides is 1. The van der Waals surface area contributed by atoms with Gasteiger partial charge in [0.2, 0.25) is 15.9 Å². The van der Waals surface area contributed by atoms with Gasteiger partial charge in [0.1, 0.15) is 5.84 Å². The van der Waals surface area contributed by atoms with E-state index >= 15 is 0 Å². The van der Waals surface area contributed by atoms with Crippen LogP contribution in [-0.2, 0) is 14.8 Å². The monoisotopic (exact) mass is 480 g/mol. The minimum Gasteiger partial charge on any atom is -0.349 e. The van der Waals surface area contributed by atoms with Gasteiger partial charge in [-0.15, -0.1) is 0 Å². The van der Waals surface area contributed by atoms with Gasteiger partial charge in [-0.1, -0.05) is 41.6 Å². The molecule has 2 fully saturated rings. The number of aryl methyl sites for hydroxylation is 1. The third-order valence-corrected chi connectivity index (χ3v) is 8.91. The lowest BCUT2D eigenvalue weighted by molar-refractivity contribution is -0.116. The van der Waals surface area contributed by atoms with Gasteiger partial charge < -0.3 is 5.32 Å². The highest BCUT2D eigenvalue weighted by Crippen LogP contribution is 2.37. The molecule has 9 heteroatoms. The molecule has 0 unspecified atom stereocenters. The summed E-state index contributed by atoms with van der Waals surface area (Å²) in [7, 11) is -3.52. The van der Waals surface area contributed by atoms with Crippen molar-refractivity contribution in [3.63, 3.8) is 0 Å². The Labute approximate surface area is 197 Å². The van der Waals surface area contributed by atoms with Gasteiger partial charge in [-0.05, 0) is 49.6 Å². The first kappa shape index (κ1) is 21.9. The van der Waals surface area contributed by atoms with Crippen LogP contribution in [0, 0.1) is 12.3 Å². The number of carbonyl (C=O) groups is 1. The zero-order chi connectivity index (χ0) is 23.2. The number of hydrogen-bond acceptors (Lipinski definition) is 6. The summed E-state index contributed by atoms with van der Waals surface area (Å²) in [4.78, 5) is 14.4. The Morgan fingerprint density at radius 1 is 1.00 bits per heavy atom. The van der Waals surface area contributed by atoms with Crippen LogP contribution in [-0.4, -0.2) is 37.6 Å². The molecule has 2 aromatic carbocycles. The Morgan fingerprint density at radius 3 is 2.33 bits per heavy atom. The summed E-state index contributed by atoms with van der Waals surface area (Å²) in [6.07, 6.45) is 1.87. The number of nitrogens with zero attached hydrogens (tertiary/aromatic N) is 2. The molecular weight excluding hydrogens is 456 g/mol. The van der Waals surface area contributed by atoms with Crippen molar-refractivity contribution in [3.8, 4) is 0 Å². The summed E-state index contributed by atoms with van der Waals surface area (Å²) in [5, 5.41) is 14.8. The zero-order valence-electron chi connectivity index (χ0n) is 18.2. The molecule has 170 valence electrons. The number of nitrogens with one attached hydrogen (secondary N) is 2. The molecule has 1 amide bonds. The minimum atomic E-state index is -3.52. The molecule has 0 bridgehead atoms. The molecule has 0 spiro atoms. The van der Waals surface area contributed by atoms with Crippen molar-refractivity contribution in [1.82, 2.24) is 9.62 Å². The molecule has 3 heterocycles. The Hall–Kier alpha value is -2.88. The molecule has 3 aliphatic rings. The third kappa shape index (κ3) is 4.01. The predicted molar refractivity (Wildman–Crippen MR) is 131 cm³/mol. The fourth-order valence-electron chi connectivity index (χ4n) is 4.20. The summed E-state index contributed by atoms with van der Waals surface area (Å²) in [5.74, 6) is -0.0902. The van der Waals surface area contributed by atoms with Gasteiger partial charge in [0.25, 0.3) is 0 Å². The third-order valence-electron chi connectivity index (χ3n) is 6.06. The van der Waals surface area contributed by atoms with Crippen molar-refractivity contribution in [1.29, 1.82) is 5.41 Å². The maximum Gasteiger partial charge on any atom is 0.243 e. The second kappa shape index (κ2) is 8.48. The van der Waals surface area contributed by atoms with E-state index in [0.29, 0.717) is 24.4 Å². The lowest BCUT2D eigenvalue weighted by Crippen LogP contribution is -2.29. The zero-order valence-corrected chi connectivity index (χ0v) is 19.8. The van der Waals surface area contributed by atoms with E-state index in [1.165, 1.54) is 38.7 Å². The van der Waals surface area contributed by atoms with E-state index in [1.807, 2.05) is 36.6 Å². The fraction of sp³-hybridized carbons (Fsp3) is 0.250.